The molecule has 0 aliphatic carbocycles. The van der Waals surface area contributed by atoms with Crippen molar-refractivity contribution < 1.29 is 9.59 Å². The van der Waals surface area contributed by atoms with Crippen molar-refractivity contribution in [2.45, 2.75) is 32.9 Å². The molecule has 0 saturated heterocycles. The first-order valence-corrected chi connectivity index (χ1v) is 9.56. The zero-order valence-corrected chi connectivity index (χ0v) is 16.6. The standard InChI is InChI=1S/C22H25N5O2/c1-14(2)20(21(23)29)27-22-16-10-6-7-11-17(16)25-18(26-22)13-24-19(28)12-15-8-4-3-5-9-15/h3-11,14,20H,12-13H2,1-2H3,(H2,23,29)(H,24,28)(H,25,26,27)/t20-/m0/s1. The van der Waals surface area contributed by atoms with Crippen molar-refractivity contribution in [2.75, 3.05) is 5.32 Å². The van der Waals surface area contributed by atoms with Crippen molar-refractivity contribution in [2.24, 2.45) is 11.7 Å². The lowest BCUT2D eigenvalue weighted by Crippen LogP contribution is -2.40. The van der Waals surface area contributed by atoms with Crippen LogP contribution in [0.3, 0.4) is 0 Å². The second-order valence-corrected chi connectivity index (χ2v) is 7.21. The van der Waals surface area contributed by atoms with Crippen LogP contribution in [0.15, 0.2) is 54.6 Å². The molecule has 0 spiro atoms. The molecule has 0 radical (unpaired) electrons. The van der Waals surface area contributed by atoms with E-state index in [9.17, 15) is 9.59 Å². The van der Waals surface area contributed by atoms with Gasteiger partial charge in [-0.15, -0.1) is 0 Å². The molecule has 0 fully saturated rings. The Labute approximate surface area is 169 Å². The normalized spacial score (nSPS) is 12.0. The molecule has 7 heteroatoms. The number of para-hydroxylation sites is 1. The molecule has 0 saturated carbocycles. The van der Waals surface area contributed by atoms with Gasteiger partial charge in [0.1, 0.15) is 11.9 Å². The van der Waals surface area contributed by atoms with E-state index in [1.807, 2.05) is 68.4 Å². The number of primary amides is 1. The molecule has 1 aromatic heterocycles. The molecule has 0 unspecified atom stereocenters. The molecule has 0 aliphatic rings. The van der Waals surface area contributed by atoms with Gasteiger partial charge >= 0.3 is 0 Å². The van der Waals surface area contributed by atoms with Gasteiger partial charge in [-0.1, -0.05) is 56.3 Å². The first kappa shape index (κ1) is 20.3. The fourth-order valence-corrected chi connectivity index (χ4v) is 3.05. The van der Waals surface area contributed by atoms with E-state index in [2.05, 4.69) is 20.6 Å². The Hall–Kier alpha value is -3.48. The molecule has 0 bridgehead atoms. The molecule has 29 heavy (non-hydrogen) atoms. The fraction of sp³-hybridized carbons (Fsp3) is 0.273. The third-order valence-electron chi connectivity index (χ3n) is 4.57. The van der Waals surface area contributed by atoms with Gasteiger partial charge in [-0.05, 0) is 23.6 Å². The molecule has 1 heterocycles. The molecule has 4 N–H and O–H groups in total. The summed E-state index contributed by atoms with van der Waals surface area (Å²) in [4.78, 5) is 33.1. The van der Waals surface area contributed by atoms with E-state index in [-0.39, 0.29) is 24.8 Å². The number of nitrogens with one attached hydrogen (secondary N) is 2. The average Bonchev–Trinajstić information content (AvgIpc) is 2.70. The third-order valence-corrected chi connectivity index (χ3v) is 4.57. The minimum absolute atomic E-state index is 0.00440. The van der Waals surface area contributed by atoms with Gasteiger partial charge in [0.2, 0.25) is 11.8 Å². The van der Waals surface area contributed by atoms with Crippen molar-refractivity contribution in [1.29, 1.82) is 0 Å². The van der Waals surface area contributed by atoms with Crippen LogP contribution < -0.4 is 16.4 Å². The van der Waals surface area contributed by atoms with Crippen molar-refractivity contribution in [1.82, 2.24) is 15.3 Å². The molecule has 2 amide bonds. The number of hydrogen-bond acceptors (Lipinski definition) is 5. The van der Waals surface area contributed by atoms with Crippen molar-refractivity contribution in [3.63, 3.8) is 0 Å². The summed E-state index contributed by atoms with van der Waals surface area (Å²) < 4.78 is 0. The summed E-state index contributed by atoms with van der Waals surface area (Å²) in [5.74, 6) is 0.426. The van der Waals surface area contributed by atoms with E-state index < -0.39 is 11.9 Å². The zero-order valence-electron chi connectivity index (χ0n) is 16.6. The van der Waals surface area contributed by atoms with Gasteiger partial charge in [0.05, 0.1) is 18.5 Å². The maximum atomic E-state index is 12.2. The number of hydrogen-bond donors (Lipinski definition) is 3. The molecule has 0 aliphatic heterocycles. The Morgan fingerprint density at radius 3 is 2.38 bits per heavy atom. The summed E-state index contributed by atoms with van der Waals surface area (Å²) in [5, 5.41) is 6.80. The van der Waals surface area contributed by atoms with E-state index in [0.717, 1.165) is 16.5 Å². The van der Waals surface area contributed by atoms with Crippen LogP contribution in [-0.2, 0) is 22.6 Å². The van der Waals surface area contributed by atoms with Crippen LogP contribution in [0, 0.1) is 5.92 Å². The maximum absolute atomic E-state index is 12.2. The summed E-state index contributed by atoms with van der Waals surface area (Å²) in [7, 11) is 0. The molecule has 150 valence electrons. The van der Waals surface area contributed by atoms with E-state index in [1.54, 1.807) is 0 Å². The molecule has 7 nitrogen and oxygen atoms in total. The Balaban J connectivity index is 1.79. The topological polar surface area (TPSA) is 110 Å². The molecule has 1 atom stereocenters. The smallest absolute Gasteiger partial charge is 0.240 e. The monoisotopic (exact) mass is 391 g/mol. The first-order valence-electron chi connectivity index (χ1n) is 9.56. The zero-order chi connectivity index (χ0) is 20.8. The second kappa shape index (κ2) is 9.14. The lowest BCUT2D eigenvalue weighted by Gasteiger charge is -2.21. The quantitative estimate of drug-likeness (QED) is 0.546. The number of amides is 2. The minimum Gasteiger partial charge on any atom is -0.368 e. The minimum atomic E-state index is -0.561. The predicted molar refractivity (Wildman–Crippen MR) is 113 cm³/mol. The number of fused-ring (bicyclic) bond motifs is 1. The van der Waals surface area contributed by atoms with Gasteiger partial charge in [0, 0.05) is 5.39 Å². The van der Waals surface area contributed by atoms with Gasteiger partial charge in [0.25, 0.3) is 0 Å². The lowest BCUT2D eigenvalue weighted by atomic mass is 10.0. The van der Waals surface area contributed by atoms with Crippen LogP contribution in [-0.4, -0.2) is 27.8 Å². The van der Waals surface area contributed by atoms with Crippen LogP contribution in [0.2, 0.25) is 0 Å². The van der Waals surface area contributed by atoms with Crippen LogP contribution in [0.5, 0.6) is 0 Å². The van der Waals surface area contributed by atoms with Crippen LogP contribution >= 0.6 is 0 Å². The van der Waals surface area contributed by atoms with Crippen molar-refractivity contribution in [3.05, 3.63) is 66.0 Å². The first-order chi connectivity index (χ1) is 13.9. The van der Waals surface area contributed by atoms with Gasteiger partial charge in [-0.3, -0.25) is 9.59 Å². The highest BCUT2D eigenvalue weighted by atomic mass is 16.2. The molecule has 3 rings (SSSR count). The second-order valence-electron chi connectivity index (χ2n) is 7.21. The number of benzene rings is 2. The SMILES string of the molecule is CC(C)[C@H](Nc1nc(CNC(=O)Cc2ccccc2)nc2ccccc12)C(N)=O. The van der Waals surface area contributed by atoms with Crippen molar-refractivity contribution in [3.8, 4) is 0 Å². The van der Waals surface area contributed by atoms with E-state index in [1.165, 1.54) is 0 Å². The van der Waals surface area contributed by atoms with Crippen LogP contribution in [0.4, 0.5) is 5.82 Å². The predicted octanol–water partition coefficient (Wildman–Crippen LogP) is 2.41. The van der Waals surface area contributed by atoms with Gasteiger partial charge in [0.15, 0.2) is 5.82 Å². The summed E-state index contributed by atoms with van der Waals surface area (Å²) in [6.45, 7) is 4.02. The number of rotatable bonds is 8. The highest BCUT2D eigenvalue weighted by Crippen LogP contribution is 2.22. The van der Waals surface area contributed by atoms with E-state index in [0.29, 0.717) is 11.6 Å². The fourth-order valence-electron chi connectivity index (χ4n) is 3.05. The molecular formula is C22H25N5O2. The lowest BCUT2D eigenvalue weighted by molar-refractivity contribution is -0.121. The Kier molecular flexibility index (Phi) is 6.39. The van der Waals surface area contributed by atoms with Gasteiger partial charge < -0.3 is 16.4 Å². The Bertz CT molecular complexity index is 1000. The van der Waals surface area contributed by atoms with Crippen LogP contribution in [0.1, 0.15) is 25.2 Å². The highest BCUT2D eigenvalue weighted by Gasteiger charge is 2.21. The molecular weight excluding hydrogens is 366 g/mol. The number of carbonyl (C=O) groups excluding carboxylic acids is 2. The Morgan fingerprint density at radius 1 is 1.00 bits per heavy atom. The van der Waals surface area contributed by atoms with Crippen molar-refractivity contribution >= 4 is 28.5 Å². The molecule has 2 aromatic carbocycles. The Morgan fingerprint density at radius 2 is 1.69 bits per heavy atom. The number of nitrogens with zero attached hydrogens (tertiary/aromatic N) is 2. The summed E-state index contributed by atoms with van der Waals surface area (Å²) in [5.41, 5.74) is 7.20. The number of aromatic nitrogens is 2. The molecule has 3 aromatic rings. The number of nitrogens with two attached hydrogens (primary N) is 1. The third kappa shape index (κ3) is 5.28. The maximum Gasteiger partial charge on any atom is 0.240 e. The van der Waals surface area contributed by atoms with E-state index >= 15 is 0 Å². The summed E-state index contributed by atoms with van der Waals surface area (Å²) >= 11 is 0. The number of anilines is 1. The number of carbonyl (C=O) groups is 2. The van der Waals surface area contributed by atoms with Crippen LogP contribution in [0.25, 0.3) is 10.9 Å². The van der Waals surface area contributed by atoms with Gasteiger partial charge in [-0.2, -0.15) is 0 Å². The summed E-state index contributed by atoms with van der Waals surface area (Å²) in [6.07, 6.45) is 0.288. The largest absolute Gasteiger partial charge is 0.368 e. The summed E-state index contributed by atoms with van der Waals surface area (Å²) in [6, 6.07) is 16.5. The highest BCUT2D eigenvalue weighted by molar-refractivity contribution is 5.92. The average molecular weight is 391 g/mol. The van der Waals surface area contributed by atoms with Gasteiger partial charge in [-0.25, -0.2) is 9.97 Å². The van der Waals surface area contributed by atoms with E-state index in [4.69, 9.17) is 5.73 Å².